The fourth-order valence-corrected chi connectivity index (χ4v) is 4.42. The lowest BCUT2D eigenvalue weighted by molar-refractivity contribution is 0.0536. The van der Waals surface area contributed by atoms with E-state index in [1.54, 1.807) is 0 Å². The van der Waals surface area contributed by atoms with Crippen molar-refractivity contribution >= 4 is 28.7 Å². The summed E-state index contributed by atoms with van der Waals surface area (Å²) in [6.07, 6.45) is 1.33. The SMILES string of the molecule is OCC(O)COc1ccc(N(c2ccccc2)c2ccc(C=C(c3ccccc3)c3ccccc3)cc2)cc1. The third-order valence-electron chi connectivity index (χ3n) is 6.39. The van der Waals surface area contributed by atoms with Crippen molar-refractivity contribution < 1.29 is 14.9 Å². The Balaban J connectivity index is 1.46. The van der Waals surface area contributed by atoms with Gasteiger partial charge in [-0.1, -0.05) is 91.0 Å². The molecule has 0 aliphatic heterocycles. The summed E-state index contributed by atoms with van der Waals surface area (Å²) in [5.41, 5.74) is 7.68. The van der Waals surface area contributed by atoms with E-state index in [-0.39, 0.29) is 13.2 Å². The van der Waals surface area contributed by atoms with Crippen LogP contribution in [0.3, 0.4) is 0 Å². The zero-order chi connectivity index (χ0) is 26.9. The molecule has 5 aromatic rings. The molecule has 0 saturated carbocycles. The summed E-state index contributed by atoms with van der Waals surface area (Å²) in [6.45, 7) is -0.287. The van der Waals surface area contributed by atoms with E-state index >= 15 is 0 Å². The Hall–Kier alpha value is -4.64. The van der Waals surface area contributed by atoms with Gasteiger partial charge in [-0.15, -0.1) is 0 Å². The molecule has 39 heavy (non-hydrogen) atoms. The number of anilines is 3. The molecule has 0 saturated heterocycles. The zero-order valence-electron chi connectivity index (χ0n) is 21.6. The van der Waals surface area contributed by atoms with Crippen LogP contribution in [0.5, 0.6) is 5.75 Å². The maximum atomic E-state index is 9.58. The van der Waals surface area contributed by atoms with E-state index < -0.39 is 6.10 Å². The van der Waals surface area contributed by atoms with Gasteiger partial charge in [-0.25, -0.2) is 0 Å². The van der Waals surface area contributed by atoms with Gasteiger partial charge in [-0.2, -0.15) is 0 Å². The van der Waals surface area contributed by atoms with Gasteiger partial charge in [-0.05, 0) is 76.9 Å². The average molecular weight is 514 g/mol. The van der Waals surface area contributed by atoms with Gasteiger partial charge >= 0.3 is 0 Å². The van der Waals surface area contributed by atoms with E-state index in [2.05, 4.69) is 95.9 Å². The molecule has 0 heterocycles. The van der Waals surface area contributed by atoms with Crippen molar-refractivity contribution in [2.24, 2.45) is 0 Å². The van der Waals surface area contributed by atoms with Crippen LogP contribution >= 0.6 is 0 Å². The van der Waals surface area contributed by atoms with Gasteiger partial charge in [0.2, 0.25) is 0 Å². The lowest BCUT2D eigenvalue weighted by atomic mass is 9.95. The molecule has 0 amide bonds. The second-order valence-corrected chi connectivity index (χ2v) is 9.19. The number of nitrogens with zero attached hydrogens (tertiary/aromatic N) is 1. The van der Waals surface area contributed by atoms with Crippen molar-refractivity contribution in [3.63, 3.8) is 0 Å². The van der Waals surface area contributed by atoms with Crippen LogP contribution in [0, 0.1) is 0 Å². The zero-order valence-corrected chi connectivity index (χ0v) is 21.6. The first-order chi connectivity index (χ1) is 19.2. The molecule has 0 radical (unpaired) electrons. The quantitative estimate of drug-likeness (QED) is 0.190. The summed E-state index contributed by atoms with van der Waals surface area (Å²) >= 11 is 0. The van der Waals surface area contributed by atoms with Crippen molar-refractivity contribution in [3.8, 4) is 5.75 Å². The fraction of sp³-hybridized carbons (Fsp3) is 0.0857. The Kier molecular flexibility index (Phi) is 8.49. The molecule has 1 unspecified atom stereocenters. The summed E-state index contributed by atoms with van der Waals surface area (Å²) in [5.74, 6) is 0.633. The summed E-state index contributed by atoms with van der Waals surface area (Å²) in [5, 5.41) is 18.6. The van der Waals surface area contributed by atoms with Gasteiger partial charge in [0, 0.05) is 17.1 Å². The number of ether oxygens (including phenoxy) is 1. The van der Waals surface area contributed by atoms with Crippen molar-refractivity contribution in [2.75, 3.05) is 18.1 Å². The number of rotatable bonds is 10. The average Bonchev–Trinajstić information content (AvgIpc) is 3.01. The lowest BCUT2D eigenvalue weighted by Gasteiger charge is -2.25. The molecule has 0 bridgehead atoms. The number of para-hydroxylation sites is 1. The molecule has 0 aromatic heterocycles. The minimum Gasteiger partial charge on any atom is -0.491 e. The lowest BCUT2D eigenvalue weighted by Crippen LogP contribution is -2.21. The van der Waals surface area contributed by atoms with Crippen LogP contribution in [0.2, 0.25) is 0 Å². The third kappa shape index (κ3) is 6.63. The summed E-state index contributed by atoms with van der Waals surface area (Å²) < 4.78 is 5.60. The first-order valence-corrected chi connectivity index (χ1v) is 13.0. The topological polar surface area (TPSA) is 52.9 Å². The van der Waals surface area contributed by atoms with Gasteiger partial charge < -0.3 is 19.8 Å². The van der Waals surface area contributed by atoms with E-state index in [0.717, 1.165) is 22.6 Å². The molecule has 0 aliphatic carbocycles. The number of benzene rings is 5. The number of aliphatic hydroxyl groups excluding tert-OH is 2. The third-order valence-corrected chi connectivity index (χ3v) is 6.39. The maximum Gasteiger partial charge on any atom is 0.119 e. The Morgan fingerprint density at radius 2 is 1.08 bits per heavy atom. The molecule has 5 rings (SSSR count). The summed E-state index contributed by atoms with van der Waals surface area (Å²) in [6, 6.07) is 47.4. The van der Waals surface area contributed by atoms with E-state index in [4.69, 9.17) is 9.84 Å². The maximum absolute atomic E-state index is 9.58. The minimum atomic E-state index is -0.901. The molecule has 4 heteroatoms. The summed E-state index contributed by atoms with van der Waals surface area (Å²) in [7, 11) is 0. The van der Waals surface area contributed by atoms with Crippen LogP contribution in [0.4, 0.5) is 17.1 Å². The second kappa shape index (κ2) is 12.7. The molecule has 0 spiro atoms. The number of aliphatic hydroxyl groups is 2. The second-order valence-electron chi connectivity index (χ2n) is 9.19. The molecule has 5 aromatic carbocycles. The Labute approximate surface area is 229 Å². The first-order valence-electron chi connectivity index (χ1n) is 13.0. The predicted molar refractivity (Wildman–Crippen MR) is 160 cm³/mol. The normalized spacial score (nSPS) is 11.4. The van der Waals surface area contributed by atoms with Crippen molar-refractivity contribution in [1.29, 1.82) is 0 Å². The molecule has 4 nitrogen and oxygen atoms in total. The van der Waals surface area contributed by atoms with E-state index in [9.17, 15) is 5.11 Å². The van der Waals surface area contributed by atoms with Gasteiger partial charge in [0.1, 0.15) is 18.5 Å². The van der Waals surface area contributed by atoms with Crippen LogP contribution < -0.4 is 9.64 Å². The smallest absolute Gasteiger partial charge is 0.119 e. The molecule has 1 atom stereocenters. The van der Waals surface area contributed by atoms with E-state index in [1.165, 1.54) is 16.7 Å². The highest BCUT2D eigenvalue weighted by Gasteiger charge is 2.13. The molecule has 194 valence electrons. The van der Waals surface area contributed by atoms with Gasteiger partial charge in [0.25, 0.3) is 0 Å². The molecular formula is C35H31NO3. The Morgan fingerprint density at radius 1 is 0.615 bits per heavy atom. The molecule has 0 fully saturated rings. The largest absolute Gasteiger partial charge is 0.491 e. The number of hydrogen-bond acceptors (Lipinski definition) is 4. The van der Waals surface area contributed by atoms with Gasteiger partial charge in [-0.3, -0.25) is 0 Å². The number of hydrogen-bond donors (Lipinski definition) is 2. The van der Waals surface area contributed by atoms with Crippen molar-refractivity contribution in [1.82, 2.24) is 0 Å². The molecule has 0 aliphatic rings. The highest BCUT2D eigenvalue weighted by molar-refractivity contribution is 5.91. The van der Waals surface area contributed by atoms with Gasteiger partial charge in [0.05, 0.1) is 6.61 Å². The highest BCUT2D eigenvalue weighted by Crippen LogP contribution is 2.36. The van der Waals surface area contributed by atoms with Crippen molar-refractivity contribution in [3.05, 3.63) is 156 Å². The molecular weight excluding hydrogens is 482 g/mol. The van der Waals surface area contributed by atoms with Crippen LogP contribution in [0.15, 0.2) is 140 Å². The van der Waals surface area contributed by atoms with Crippen molar-refractivity contribution in [2.45, 2.75) is 6.10 Å². The van der Waals surface area contributed by atoms with E-state index in [0.29, 0.717) is 5.75 Å². The van der Waals surface area contributed by atoms with Crippen LogP contribution in [0.1, 0.15) is 16.7 Å². The van der Waals surface area contributed by atoms with Crippen LogP contribution in [0.25, 0.3) is 11.6 Å². The fourth-order valence-electron chi connectivity index (χ4n) is 4.42. The monoisotopic (exact) mass is 513 g/mol. The highest BCUT2D eigenvalue weighted by atomic mass is 16.5. The predicted octanol–water partition coefficient (Wildman–Crippen LogP) is 7.48. The standard InChI is InChI=1S/C35H31NO3/c37-25-33(38)26-39-34-22-20-32(21-23-34)36(30-14-8-3-9-15-30)31-18-16-27(17-19-31)24-35(28-10-4-1-5-11-28)29-12-6-2-7-13-29/h1-24,33,37-38H,25-26H2. The van der Waals surface area contributed by atoms with Crippen LogP contribution in [-0.2, 0) is 0 Å². The van der Waals surface area contributed by atoms with Gasteiger partial charge in [0.15, 0.2) is 0 Å². The van der Waals surface area contributed by atoms with Crippen LogP contribution in [-0.4, -0.2) is 29.5 Å². The summed E-state index contributed by atoms with van der Waals surface area (Å²) in [4.78, 5) is 2.19. The first kappa shape index (κ1) is 26.0. The Morgan fingerprint density at radius 3 is 1.59 bits per heavy atom. The minimum absolute atomic E-state index is 0.0428. The van der Waals surface area contributed by atoms with E-state index in [1.807, 2.05) is 54.6 Å². The Bertz CT molecular complexity index is 1430. The molecule has 2 N–H and O–H groups in total.